The molecular weight excluding hydrogens is 298 g/mol. The van der Waals surface area contributed by atoms with Crippen LogP contribution < -0.4 is 4.90 Å². The van der Waals surface area contributed by atoms with E-state index in [1.54, 1.807) is 29.3 Å². The maximum atomic E-state index is 11.9. The van der Waals surface area contributed by atoms with Gasteiger partial charge in [-0.3, -0.25) is 4.90 Å². The highest BCUT2D eigenvalue weighted by Crippen LogP contribution is 2.33. The van der Waals surface area contributed by atoms with Gasteiger partial charge < -0.3 is 0 Å². The number of benzene rings is 1. The van der Waals surface area contributed by atoms with E-state index in [2.05, 4.69) is 9.38 Å². The average molecular weight is 308 g/mol. The Bertz CT molecular complexity index is 818. The van der Waals surface area contributed by atoms with Gasteiger partial charge in [-0.25, -0.2) is 4.98 Å². The van der Waals surface area contributed by atoms with Gasteiger partial charge in [-0.2, -0.15) is 8.42 Å². The zero-order valence-electron chi connectivity index (χ0n) is 10.5. The van der Waals surface area contributed by atoms with Crippen LogP contribution in [0.5, 0.6) is 0 Å². The number of hydrogen-bond donors (Lipinski definition) is 0. The molecule has 0 radical (unpaired) electrons. The van der Waals surface area contributed by atoms with Crippen LogP contribution in [0.2, 0.25) is 5.02 Å². The number of rotatable bonds is 1. The van der Waals surface area contributed by atoms with Crippen LogP contribution in [-0.4, -0.2) is 19.7 Å². The number of anilines is 2. The summed E-state index contributed by atoms with van der Waals surface area (Å²) in [5, 5.41) is 0.650. The molecule has 1 aliphatic rings. The second kappa shape index (κ2) is 4.57. The van der Waals surface area contributed by atoms with Crippen molar-refractivity contribution >= 4 is 39.5 Å². The first-order chi connectivity index (χ1) is 9.49. The van der Waals surface area contributed by atoms with Crippen LogP contribution in [0.3, 0.4) is 0 Å². The summed E-state index contributed by atoms with van der Waals surface area (Å²) in [7, 11) is -3.66. The van der Waals surface area contributed by atoms with E-state index >= 15 is 0 Å². The lowest BCUT2D eigenvalue weighted by molar-refractivity contribution is 0.597. The van der Waals surface area contributed by atoms with Crippen molar-refractivity contribution in [2.75, 3.05) is 4.90 Å². The molecule has 0 unspecified atom stereocenters. The van der Waals surface area contributed by atoms with Crippen LogP contribution >= 0.6 is 11.6 Å². The lowest BCUT2D eigenvalue weighted by Crippen LogP contribution is -2.23. The van der Waals surface area contributed by atoms with E-state index in [1.807, 2.05) is 13.0 Å². The Kier molecular flexibility index (Phi) is 2.99. The SMILES string of the molecule is Cc1cc(N2C=NS(=O)(=O)c3cccnc32)ccc1Cl. The fraction of sp³-hybridized carbons (Fsp3) is 0.0769. The molecule has 20 heavy (non-hydrogen) atoms. The minimum atomic E-state index is -3.66. The van der Waals surface area contributed by atoms with Gasteiger partial charge in [0.05, 0.1) is 0 Å². The number of nitrogens with zero attached hydrogens (tertiary/aromatic N) is 3. The average Bonchev–Trinajstić information content (AvgIpc) is 2.43. The van der Waals surface area contributed by atoms with E-state index in [1.165, 1.54) is 12.4 Å². The van der Waals surface area contributed by atoms with E-state index in [4.69, 9.17) is 11.6 Å². The molecule has 1 aliphatic heterocycles. The summed E-state index contributed by atoms with van der Waals surface area (Å²) in [6.45, 7) is 1.88. The van der Waals surface area contributed by atoms with Gasteiger partial charge in [-0.15, -0.1) is 4.40 Å². The van der Waals surface area contributed by atoms with Crippen LogP contribution in [-0.2, 0) is 10.0 Å². The molecule has 0 aliphatic carbocycles. The Morgan fingerprint density at radius 2 is 2.05 bits per heavy atom. The van der Waals surface area contributed by atoms with Crippen LogP contribution in [0.15, 0.2) is 45.8 Å². The largest absolute Gasteiger partial charge is 0.287 e. The van der Waals surface area contributed by atoms with Gasteiger partial charge in [-0.1, -0.05) is 11.6 Å². The van der Waals surface area contributed by atoms with E-state index in [9.17, 15) is 8.42 Å². The van der Waals surface area contributed by atoms with E-state index < -0.39 is 10.0 Å². The van der Waals surface area contributed by atoms with Crippen LogP contribution in [0.4, 0.5) is 11.5 Å². The molecular formula is C13H10ClN3O2S. The van der Waals surface area contributed by atoms with Crippen molar-refractivity contribution in [2.45, 2.75) is 11.8 Å². The van der Waals surface area contributed by atoms with Crippen molar-refractivity contribution in [3.63, 3.8) is 0 Å². The lowest BCUT2D eigenvalue weighted by Gasteiger charge is -2.24. The molecule has 0 spiro atoms. The molecule has 5 nitrogen and oxygen atoms in total. The van der Waals surface area contributed by atoms with Crippen molar-refractivity contribution in [1.29, 1.82) is 0 Å². The molecule has 0 bridgehead atoms. The molecule has 102 valence electrons. The van der Waals surface area contributed by atoms with Crippen LogP contribution in [0, 0.1) is 6.92 Å². The molecule has 0 N–H and O–H groups in total. The fourth-order valence-electron chi connectivity index (χ4n) is 1.95. The summed E-state index contributed by atoms with van der Waals surface area (Å²) >= 11 is 6.00. The number of hydrogen-bond acceptors (Lipinski definition) is 4. The lowest BCUT2D eigenvalue weighted by atomic mass is 10.2. The fourth-order valence-corrected chi connectivity index (χ4v) is 3.03. The highest BCUT2D eigenvalue weighted by Gasteiger charge is 2.27. The smallest absolute Gasteiger partial charge is 0.283 e. The van der Waals surface area contributed by atoms with Gasteiger partial charge >= 0.3 is 0 Å². The Morgan fingerprint density at radius 1 is 1.25 bits per heavy atom. The van der Waals surface area contributed by atoms with Crippen LogP contribution in [0.25, 0.3) is 0 Å². The Balaban J connectivity index is 2.19. The first-order valence-electron chi connectivity index (χ1n) is 5.80. The Labute approximate surface area is 121 Å². The van der Waals surface area contributed by atoms with Gasteiger partial charge in [0.25, 0.3) is 10.0 Å². The molecule has 0 amide bonds. The molecule has 0 saturated carbocycles. The summed E-state index contributed by atoms with van der Waals surface area (Å²) < 4.78 is 27.4. The number of aromatic nitrogens is 1. The molecule has 1 aromatic carbocycles. The maximum absolute atomic E-state index is 11.9. The van der Waals surface area contributed by atoms with E-state index in [-0.39, 0.29) is 4.90 Å². The number of fused-ring (bicyclic) bond motifs is 1. The third-order valence-electron chi connectivity index (χ3n) is 2.98. The standard InChI is InChI=1S/C13H10ClN3O2S/c1-9-7-10(4-5-11(9)14)17-8-16-20(18,19)12-3-2-6-15-13(12)17/h2-8H,1H3. The summed E-state index contributed by atoms with van der Waals surface area (Å²) in [4.78, 5) is 5.86. The van der Waals surface area contributed by atoms with Gasteiger partial charge in [-0.05, 0) is 42.8 Å². The molecule has 0 fully saturated rings. The number of sulfonamides is 1. The van der Waals surface area contributed by atoms with Gasteiger partial charge in [0.1, 0.15) is 11.2 Å². The van der Waals surface area contributed by atoms with E-state index in [0.717, 1.165) is 11.3 Å². The van der Waals surface area contributed by atoms with Crippen molar-refractivity contribution in [1.82, 2.24) is 4.98 Å². The molecule has 0 atom stereocenters. The molecule has 1 aromatic heterocycles. The third-order valence-corrected chi connectivity index (χ3v) is 4.65. The van der Waals surface area contributed by atoms with Crippen molar-refractivity contribution in [3.8, 4) is 0 Å². The molecule has 3 rings (SSSR count). The second-order valence-corrected chi connectivity index (χ2v) is 6.33. The van der Waals surface area contributed by atoms with Gasteiger partial charge in [0.15, 0.2) is 5.82 Å². The molecule has 2 heterocycles. The molecule has 2 aromatic rings. The normalized spacial score (nSPS) is 16.0. The molecule has 0 saturated heterocycles. The maximum Gasteiger partial charge on any atom is 0.287 e. The zero-order valence-corrected chi connectivity index (χ0v) is 12.1. The van der Waals surface area contributed by atoms with Crippen LogP contribution in [0.1, 0.15) is 5.56 Å². The van der Waals surface area contributed by atoms with Crippen molar-refractivity contribution < 1.29 is 8.42 Å². The first kappa shape index (κ1) is 13.1. The Morgan fingerprint density at radius 3 is 2.80 bits per heavy atom. The van der Waals surface area contributed by atoms with Gasteiger partial charge in [0.2, 0.25) is 0 Å². The highest BCUT2D eigenvalue weighted by molar-refractivity contribution is 7.90. The predicted molar refractivity (Wildman–Crippen MR) is 78.2 cm³/mol. The topological polar surface area (TPSA) is 62.6 Å². The second-order valence-electron chi connectivity index (χ2n) is 4.32. The Hall–Kier alpha value is -1.92. The monoisotopic (exact) mass is 307 g/mol. The summed E-state index contributed by atoms with van der Waals surface area (Å²) in [6, 6.07) is 8.46. The predicted octanol–water partition coefficient (Wildman–Crippen LogP) is 2.91. The zero-order chi connectivity index (χ0) is 14.3. The molecule has 7 heteroatoms. The number of pyridine rings is 1. The minimum Gasteiger partial charge on any atom is -0.283 e. The summed E-state index contributed by atoms with van der Waals surface area (Å²) in [6.07, 6.45) is 2.80. The summed E-state index contributed by atoms with van der Waals surface area (Å²) in [5.41, 5.74) is 1.65. The first-order valence-corrected chi connectivity index (χ1v) is 7.62. The minimum absolute atomic E-state index is 0.0927. The third kappa shape index (κ3) is 2.07. The number of halogens is 1. The van der Waals surface area contributed by atoms with E-state index in [0.29, 0.717) is 10.8 Å². The van der Waals surface area contributed by atoms with Crippen molar-refractivity contribution in [2.24, 2.45) is 4.40 Å². The summed E-state index contributed by atoms with van der Waals surface area (Å²) in [5.74, 6) is 0.337. The quantitative estimate of drug-likeness (QED) is 0.812. The van der Waals surface area contributed by atoms with Crippen molar-refractivity contribution in [3.05, 3.63) is 47.1 Å². The van der Waals surface area contributed by atoms with Gasteiger partial charge in [0, 0.05) is 16.9 Å². The highest BCUT2D eigenvalue weighted by atomic mass is 35.5. The number of aryl methyl sites for hydroxylation is 1.